The summed E-state index contributed by atoms with van der Waals surface area (Å²) in [6, 6.07) is 11.4. The molecule has 1 atom stereocenters. The maximum atomic E-state index is 14.8. The number of aliphatic hydroxyl groups is 1. The van der Waals surface area contributed by atoms with Crippen molar-refractivity contribution in [1.82, 2.24) is 9.97 Å². The number of aromatic nitrogens is 2. The van der Waals surface area contributed by atoms with Gasteiger partial charge < -0.3 is 10.1 Å². The minimum absolute atomic E-state index is 0.104. The molecule has 1 unspecified atom stereocenters. The summed E-state index contributed by atoms with van der Waals surface area (Å²) in [5, 5.41) is 11.3. The van der Waals surface area contributed by atoms with E-state index in [1.165, 1.54) is 25.7 Å². The van der Waals surface area contributed by atoms with E-state index in [1.54, 1.807) is 32.2 Å². The Morgan fingerprint density at radius 2 is 2.00 bits per heavy atom. The number of benzene rings is 1. The summed E-state index contributed by atoms with van der Waals surface area (Å²) in [6.45, 7) is 3.23. The average Bonchev–Trinajstić information content (AvgIpc) is 3.27. The van der Waals surface area contributed by atoms with E-state index < -0.39 is 5.60 Å². The van der Waals surface area contributed by atoms with Crippen LogP contribution in [0.15, 0.2) is 42.6 Å². The van der Waals surface area contributed by atoms with E-state index in [9.17, 15) is 9.50 Å². The maximum Gasteiger partial charge on any atom is 0.137 e. The molecule has 1 aromatic carbocycles. The first-order valence-electron chi connectivity index (χ1n) is 9.88. The van der Waals surface area contributed by atoms with Gasteiger partial charge in [-0.05, 0) is 56.0 Å². The van der Waals surface area contributed by atoms with E-state index >= 15 is 0 Å². The molecule has 0 aliphatic heterocycles. The van der Waals surface area contributed by atoms with Crippen LogP contribution in [-0.2, 0) is 5.60 Å². The molecule has 2 heterocycles. The van der Waals surface area contributed by atoms with Crippen molar-refractivity contribution in [1.29, 1.82) is 0 Å². The number of hydrogen-bond acceptors (Lipinski definition) is 2. The quantitative estimate of drug-likeness (QED) is 0.614. The summed E-state index contributed by atoms with van der Waals surface area (Å²) >= 11 is 0. The molecule has 0 spiro atoms. The summed E-state index contributed by atoms with van der Waals surface area (Å²) in [4.78, 5) is 7.86. The molecule has 27 heavy (non-hydrogen) atoms. The standard InChI is InChI=1S/C23H27FN2O/c1-23(2,27)19-10-9-16(13-20(19)24)18(12-15-6-3-4-7-15)21-14-17-8-5-11-25-22(17)26-21/h5,8-11,13-15,18,27H,3-4,6-7,12H2,1-2H3,(H,25,26). The van der Waals surface area contributed by atoms with Gasteiger partial charge in [-0.2, -0.15) is 0 Å². The van der Waals surface area contributed by atoms with Crippen molar-refractivity contribution in [2.45, 2.75) is 57.5 Å². The van der Waals surface area contributed by atoms with E-state index in [0.29, 0.717) is 11.5 Å². The molecule has 4 rings (SSSR count). The van der Waals surface area contributed by atoms with Gasteiger partial charge in [-0.3, -0.25) is 0 Å². The molecular weight excluding hydrogens is 339 g/mol. The molecule has 1 saturated carbocycles. The first-order valence-corrected chi connectivity index (χ1v) is 9.88. The Balaban J connectivity index is 1.74. The minimum atomic E-state index is -1.19. The zero-order chi connectivity index (χ0) is 19.0. The molecule has 1 aliphatic carbocycles. The highest BCUT2D eigenvalue weighted by atomic mass is 19.1. The highest BCUT2D eigenvalue weighted by Gasteiger charge is 2.26. The Labute approximate surface area is 159 Å². The lowest BCUT2D eigenvalue weighted by Gasteiger charge is -2.23. The minimum Gasteiger partial charge on any atom is -0.386 e. The molecule has 4 heteroatoms. The van der Waals surface area contributed by atoms with Crippen LogP contribution >= 0.6 is 0 Å². The Kier molecular flexibility index (Phi) is 4.77. The number of hydrogen-bond donors (Lipinski definition) is 2. The number of rotatable bonds is 5. The smallest absolute Gasteiger partial charge is 0.137 e. The first kappa shape index (κ1) is 18.2. The third kappa shape index (κ3) is 3.77. The third-order valence-electron chi connectivity index (χ3n) is 5.89. The molecule has 3 aromatic rings. The van der Waals surface area contributed by atoms with Gasteiger partial charge in [0.25, 0.3) is 0 Å². The molecule has 3 nitrogen and oxygen atoms in total. The normalized spacial score (nSPS) is 16.9. The number of H-pyrrole nitrogens is 1. The van der Waals surface area contributed by atoms with Crippen molar-refractivity contribution in [3.8, 4) is 0 Å². The fourth-order valence-electron chi connectivity index (χ4n) is 4.43. The van der Waals surface area contributed by atoms with Crippen molar-refractivity contribution in [3.05, 3.63) is 65.2 Å². The summed E-state index contributed by atoms with van der Waals surface area (Å²) in [5.41, 5.74) is 2.07. The lowest BCUT2D eigenvalue weighted by atomic mass is 9.84. The van der Waals surface area contributed by atoms with Crippen molar-refractivity contribution < 1.29 is 9.50 Å². The van der Waals surface area contributed by atoms with E-state index in [1.807, 2.05) is 18.2 Å². The van der Waals surface area contributed by atoms with Crippen LogP contribution in [0, 0.1) is 11.7 Å². The van der Waals surface area contributed by atoms with Crippen LogP contribution in [0.5, 0.6) is 0 Å². The van der Waals surface area contributed by atoms with Gasteiger partial charge >= 0.3 is 0 Å². The van der Waals surface area contributed by atoms with Gasteiger partial charge in [-0.25, -0.2) is 9.37 Å². The van der Waals surface area contributed by atoms with Gasteiger partial charge in [-0.1, -0.05) is 37.8 Å². The lowest BCUT2D eigenvalue weighted by Crippen LogP contribution is -2.18. The van der Waals surface area contributed by atoms with Crippen LogP contribution in [0.1, 0.15) is 68.7 Å². The molecular formula is C23H27FN2O. The van der Waals surface area contributed by atoms with E-state index in [-0.39, 0.29) is 11.7 Å². The third-order valence-corrected chi connectivity index (χ3v) is 5.89. The van der Waals surface area contributed by atoms with Crippen molar-refractivity contribution in [3.63, 3.8) is 0 Å². The second-order valence-corrected chi connectivity index (χ2v) is 8.40. The SMILES string of the molecule is CC(C)(O)c1ccc(C(CC2CCCC2)c2cc3cccnc3[nH]2)cc1F. The topological polar surface area (TPSA) is 48.9 Å². The summed E-state index contributed by atoms with van der Waals surface area (Å²) in [5.74, 6) is 0.435. The van der Waals surface area contributed by atoms with Crippen molar-refractivity contribution in [2.24, 2.45) is 5.92 Å². The average molecular weight is 366 g/mol. The number of halogens is 1. The van der Waals surface area contributed by atoms with Gasteiger partial charge in [0.1, 0.15) is 11.5 Å². The highest BCUT2D eigenvalue weighted by molar-refractivity contribution is 5.76. The number of pyridine rings is 1. The van der Waals surface area contributed by atoms with Gasteiger partial charge in [0.15, 0.2) is 0 Å². The fraction of sp³-hybridized carbons (Fsp3) is 0.435. The van der Waals surface area contributed by atoms with Crippen LogP contribution < -0.4 is 0 Å². The lowest BCUT2D eigenvalue weighted by molar-refractivity contribution is 0.0745. The van der Waals surface area contributed by atoms with Gasteiger partial charge in [0, 0.05) is 28.8 Å². The van der Waals surface area contributed by atoms with Crippen LogP contribution in [0.2, 0.25) is 0 Å². The molecule has 2 N–H and O–H groups in total. The zero-order valence-electron chi connectivity index (χ0n) is 16.0. The molecule has 0 saturated heterocycles. The van der Waals surface area contributed by atoms with Crippen LogP contribution in [-0.4, -0.2) is 15.1 Å². The molecule has 0 amide bonds. The number of nitrogens with one attached hydrogen (secondary N) is 1. The number of aromatic amines is 1. The Bertz CT molecular complexity index is 902. The van der Waals surface area contributed by atoms with Gasteiger partial charge in [-0.15, -0.1) is 0 Å². The number of fused-ring (bicyclic) bond motifs is 1. The fourth-order valence-corrected chi connectivity index (χ4v) is 4.43. The summed E-state index contributed by atoms with van der Waals surface area (Å²) in [7, 11) is 0. The molecule has 0 radical (unpaired) electrons. The Morgan fingerprint density at radius 1 is 1.22 bits per heavy atom. The summed E-state index contributed by atoms with van der Waals surface area (Å²) in [6.07, 6.45) is 7.87. The van der Waals surface area contributed by atoms with E-state index in [0.717, 1.165) is 28.7 Å². The second kappa shape index (κ2) is 7.08. The molecule has 2 aromatic heterocycles. The highest BCUT2D eigenvalue weighted by Crippen LogP contribution is 2.39. The van der Waals surface area contributed by atoms with Crippen LogP contribution in [0.4, 0.5) is 4.39 Å². The predicted molar refractivity (Wildman–Crippen MR) is 106 cm³/mol. The Hall–Kier alpha value is -2.20. The Morgan fingerprint density at radius 3 is 2.67 bits per heavy atom. The first-order chi connectivity index (χ1) is 12.9. The second-order valence-electron chi connectivity index (χ2n) is 8.40. The monoisotopic (exact) mass is 366 g/mol. The molecule has 1 fully saturated rings. The zero-order valence-corrected chi connectivity index (χ0v) is 16.0. The van der Waals surface area contributed by atoms with Gasteiger partial charge in [0.2, 0.25) is 0 Å². The predicted octanol–water partition coefficient (Wildman–Crippen LogP) is 5.64. The molecule has 0 bridgehead atoms. The molecule has 1 aliphatic rings. The van der Waals surface area contributed by atoms with Crippen molar-refractivity contribution in [2.75, 3.05) is 0 Å². The van der Waals surface area contributed by atoms with Gasteiger partial charge in [0.05, 0.1) is 5.60 Å². The van der Waals surface area contributed by atoms with Crippen LogP contribution in [0.3, 0.4) is 0 Å². The van der Waals surface area contributed by atoms with E-state index in [2.05, 4.69) is 16.0 Å². The van der Waals surface area contributed by atoms with Crippen LogP contribution in [0.25, 0.3) is 11.0 Å². The molecule has 142 valence electrons. The van der Waals surface area contributed by atoms with Crippen molar-refractivity contribution >= 4 is 11.0 Å². The largest absolute Gasteiger partial charge is 0.386 e. The summed E-state index contributed by atoms with van der Waals surface area (Å²) < 4.78 is 14.8. The number of nitrogens with zero attached hydrogens (tertiary/aromatic N) is 1. The maximum absolute atomic E-state index is 14.8. The van der Waals surface area contributed by atoms with E-state index in [4.69, 9.17) is 0 Å².